The number of nitrogens with one attached hydrogen (secondary N) is 1. The van der Waals surface area contributed by atoms with E-state index in [0.717, 1.165) is 24.3 Å². The third kappa shape index (κ3) is 1.95. The summed E-state index contributed by atoms with van der Waals surface area (Å²) in [4.78, 5) is 4.69. The summed E-state index contributed by atoms with van der Waals surface area (Å²) in [6.07, 6.45) is 3.70. The second-order valence-corrected chi connectivity index (χ2v) is 4.94. The fourth-order valence-electron chi connectivity index (χ4n) is 2.48. The predicted molar refractivity (Wildman–Crippen MR) is 70.4 cm³/mol. The maximum absolute atomic E-state index is 4.69. The van der Waals surface area contributed by atoms with E-state index in [-0.39, 0.29) is 0 Å². The Morgan fingerprint density at radius 1 is 1.41 bits per heavy atom. The number of fused-ring (bicyclic) bond motifs is 1. The van der Waals surface area contributed by atoms with E-state index in [1.54, 1.807) is 0 Å². The summed E-state index contributed by atoms with van der Waals surface area (Å²) in [5.41, 5.74) is 3.83. The zero-order chi connectivity index (χ0) is 11.8. The molecule has 0 aliphatic heterocycles. The molecule has 1 saturated carbocycles. The van der Waals surface area contributed by atoms with Gasteiger partial charge in [-0.2, -0.15) is 0 Å². The third-order valence-corrected chi connectivity index (χ3v) is 3.51. The first kappa shape index (κ1) is 10.8. The van der Waals surface area contributed by atoms with Crippen LogP contribution in [0, 0.1) is 6.92 Å². The molecule has 0 radical (unpaired) electrons. The highest BCUT2D eigenvalue weighted by molar-refractivity contribution is 5.77. The fraction of sp³-hybridized carbons (Fsp3) is 0.500. The van der Waals surface area contributed by atoms with Crippen molar-refractivity contribution in [2.24, 2.45) is 0 Å². The van der Waals surface area contributed by atoms with Crippen LogP contribution in [0.25, 0.3) is 11.0 Å². The van der Waals surface area contributed by atoms with Crippen LogP contribution in [0.1, 0.15) is 30.3 Å². The van der Waals surface area contributed by atoms with E-state index in [2.05, 4.69) is 40.0 Å². The van der Waals surface area contributed by atoms with Gasteiger partial charge in [0, 0.05) is 6.04 Å². The Morgan fingerprint density at radius 3 is 2.94 bits per heavy atom. The van der Waals surface area contributed by atoms with E-state index in [1.165, 1.54) is 23.9 Å². The minimum Gasteiger partial charge on any atom is -0.325 e. The van der Waals surface area contributed by atoms with Crippen molar-refractivity contribution in [1.29, 1.82) is 0 Å². The summed E-state index contributed by atoms with van der Waals surface area (Å²) in [6.45, 7) is 3.14. The van der Waals surface area contributed by atoms with Crippen LogP contribution in [-0.4, -0.2) is 23.1 Å². The molecule has 0 amide bonds. The smallest absolute Gasteiger partial charge is 0.106 e. The van der Waals surface area contributed by atoms with Crippen molar-refractivity contribution in [2.75, 3.05) is 13.6 Å². The number of aromatic nitrogens is 2. The molecule has 3 heteroatoms. The second kappa shape index (κ2) is 4.15. The molecule has 2 aromatic rings. The topological polar surface area (TPSA) is 29.9 Å². The number of aryl methyl sites for hydroxylation is 1. The summed E-state index contributed by atoms with van der Waals surface area (Å²) < 4.78 is 2.40. The molecule has 0 unspecified atom stereocenters. The Labute approximate surface area is 102 Å². The lowest BCUT2D eigenvalue weighted by Gasteiger charge is -2.04. The van der Waals surface area contributed by atoms with Crippen LogP contribution in [-0.2, 0) is 6.42 Å². The Balaban J connectivity index is 2.00. The van der Waals surface area contributed by atoms with Crippen LogP contribution < -0.4 is 5.32 Å². The Bertz CT molecular complexity index is 538. The normalized spacial score (nSPS) is 15.6. The van der Waals surface area contributed by atoms with Gasteiger partial charge in [0.15, 0.2) is 0 Å². The summed E-state index contributed by atoms with van der Waals surface area (Å²) in [5, 5.41) is 3.18. The Kier molecular flexibility index (Phi) is 2.63. The molecule has 1 aromatic heterocycles. The molecule has 1 aliphatic rings. The molecule has 1 heterocycles. The number of rotatable bonds is 4. The summed E-state index contributed by atoms with van der Waals surface area (Å²) in [7, 11) is 1.99. The van der Waals surface area contributed by atoms with Crippen LogP contribution in [0.5, 0.6) is 0 Å². The van der Waals surface area contributed by atoms with Crippen LogP contribution >= 0.6 is 0 Å². The van der Waals surface area contributed by atoms with Crippen molar-refractivity contribution in [3.63, 3.8) is 0 Å². The van der Waals surface area contributed by atoms with Crippen LogP contribution in [0.15, 0.2) is 18.2 Å². The summed E-state index contributed by atoms with van der Waals surface area (Å²) >= 11 is 0. The number of imidazole rings is 1. The average Bonchev–Trinajstić information content (AvgIpc) is 3.09. The summed E-state index contributed by atoms with van der Waals surface area (Å²) in [6, 6.07) is 7.42. The molecule has 1 aromatic carbocycles. The van der Waals surface area contributed by atoms with Gasteiger partial charge in [0.25, 0.3) is 0 Å². The Morgan fingerprint density at radius 2 is 2.24 bits per heavy atom. The molecule has 90 valence electrons. The van der Waals surface area contributed by atoms with Gasteiger partial charge in [0.05, 0.1) is 11.0 Å². The largest absolute Gasteiger partial charge is 0.325 e. The molecule has 0 atom stereocenters. The van der Waals surface area contributed by atoms with Gasteiger partial charge in [0.1, 0.15) is 5.82 Å². The molecule has 1 aliphatic carbocycles. The van der Waals surface area contributed by atoms with Crippen molar-refractivity contribution in [3.8, 4) is 0 Å². The molecular weight excluding hydrogens is 210 g/mol. The van der Waals surface area contributed by atoms with E-state index < -0.39 is 0 Å². The quantitative estimate of drug-likeness (QED) is 0.872. The van der Waals surface area contributed by atoms with Gasteiger partial charge in [0.2, 0.25) is 0 Å². The molecule has 1 N–H and O–H groups in total. The third-order valence-electron chi connectivity index (χ3n) is 3.51. The first-order valence-corrected chi connectivity index (χ1v) is 6.41. The van der Waals surface area contributed by atoms with Crippen molar-refractivity contribution in [1.82, 2.24) is 14.9 Å². The maximum atomic E-state index is 4.69. The highest BCUT2D eigenvalue weighted by Crippen LogP contribution is 2.38. The van der Waals surface area contributed by atoms with Crippen molar-refractivity contribution in [2.45, 2.75) is 32.2 Å². The molecule has 0 saturated heterocycles. The minimum absolute atomic E-state index is 0.711. The zero-order valence-corrected chi connectivity index (χ0v) is 10.5. The SMILES string of the molecule is CNCCc1ccc2c(c1)nc(C)n2C1CC1. The van der Waals surface area contributed by atoms with Crippen molar-refractivity contribution < 1.29 is 0 Å². The minimum atomic E-state index is 0.711. The predicted octanol–water partition coefficient (Wildman–Crippen LogP) is 2.44. The molecule has 0 bridgehead atoms. The molecule has 3 nitrogen and oxygen atoms in total. The molecule has 0 spiro atoms. The monoisotopic (exact) mass is 229 g/mol. The lowest BCUT2D eigenvalue weighted by Crippen LogP contribution is -2.10. The van der Waals surface area contributed by atoms with E-state index in [0.29, 0.717) is 6.04 Å². The number of hydrogen-bond donors (Lipinski definition) is 1. The van der Waals surface area contributed by atoms with E-state index in [4.69, 9.17) is 0 Å². The number of nitrogens with zero attached hydrogens (tertiary/aromatic N) is 2. The molecular formula is C14H19N3. The standard InChI is InChI=1S/C14H19N3/c1-10-16-13-9-11(7-8-15-2)3-6-14(13)17(10)12-4-5-12/h3,6,9,12,15H,4-5,7-8H2,1-2H3. The van der Waals surface area contributed by atoms with Crippen LogP contribution in [0.4, 0.5) is 0 Å². The van der Waals surface area contributed by atoms with Gasteiger partial charge >= 0.3 is 0 Å². The number of likely N-dealkylation sites (N-methyl/N-ethyl adjacent to an activating group) is 1. The zero-order valence-electron chi connectivity index (χ0n) is 10.5. The number of benzene rings is 1. The van der Waals surface area contributed by atoms with Gasteiger partial charge in [-0.05, 0) is 57.5 Å². The lowest BCUT2D eigenvalue weighted by atomic mass is 10.1. The maximum Gasteiger partial charge on any atom is 0.106 e. The molecule has 17 heavy (non-hydrogen) atoms. The summed E-state index contributed by atoms with van der Waals surface area (Å²) in [5.74, 6) is 1.16. The fourth-order valence-corrected chi connectivity index (χ4v) is 2.48. The van der Waals surface area contributed by atoms with Crippen molar-refractivity contribution in [3.05, 3.63) is 29.6 Å². The lowest BCUT2D eigenvalue weighted by molar-refractivity contribution is 0.734. The van der Waals surface area contributed by atoms with Crippen LogP contribution in [0.3, 0.4) is 0 Å². The Hall–Kier alpha value is -1.35. The van der Waals surface area contributed by atoms with E-state index in [9.17, 15) is 0 Å². The molecule has 3 rings (SSSR count). The highest BCUT2D eigenvalue weighted by Gasteiger charge is 2.26. The van der Waals surface area contributed by atoms with Gasteiger partial charge in [-0.15, -0.1) is 0 Å². The molecule has 1 fully saturated rings. The van der Waals surface area contributed by atoms with Gasteiger partial charge in [-0.25, -0.2) is 4.98 Å². The van der Waals surface area contributed by atoms with E-state index >= 15 is 0 Å². The average molecular weight is 229 g/mol. The van der Waals surface area contributed by atoms with Gasteiger partial charge < -0.3 is 9.88 Å². The first-order chi connectivity index (χ1) is 8.29. The van der Waals surface area contributed by atoms with Gasteiger partial charge in [-0.1, -0.05) is 6.07 Å². The van der Waals surface area contributed by atoms with Gasteiger partial charge in [-0.3, -0.25) is 0 Å². The van der Waals surface area contributed by atoms with Crippen molar-refractivity contribution >= 4 is 11.0 Å². The van der Waals surface area contributed by atoms with E-state index in [1.807, 2.05) is 7.05 Å². The van der Waals surface area contributed by atoms with Crippen LogP contribution in [0.2, 0.25) is 0 Å². The first-order valence-electron chi connectivity index (χ1n) is 6.41. The number of hydrogen-bond acceptors (Lipinski definition) is 2. The second-order valence-electron chi connectivity index (χ2n) is 4.94. The highest BCUT2D eigenvalue weighted by atomic mass is 15.1.